The van der Waals surface area contributed by atoms with Gasteiger partial charge in [0, 0.05) is 18.7 Å². The van der Waals surface area contributed by atoms with E-state index in [1.165, 1.54) is 0 Å². The first-order valence-corrected chi connectivity index (χ1v) is 6.67. The average Bonchev–Trinajstić information content (AvgIpc) is 2.35. The molecule has 0 aromatic carbocycles. The number of ether oxygens (including phenoxy) is 1. The Morgan fingerprint density at radius 3 is 2.72 bits per heavy atom. The van der Waals surface area contributed by atoms with Crippen LogP contribution in [0.15, 0.2) is 6.07 Å². The van der Waals surface area contributed by atoms with E-state index in [-0.39, 0.29) is 0 Å². The predicted octanol–water partition coefficient (Wildman–Crippen LogP) is 2.59. The van der Waals surface area contributed by atoms with E-state index in [4.69, 9.17) is 10.5 Å². The van der Waals surface area contributed by atoms with Gasteiger partial charge in [0.2, 0.25) is 0 Å². The van der Waals surface area contributed by atoms with Gasteiger partial charge in [-0.2, -0.15) is 0 Å². The molecule has 18 heavy (non-hydrogen) atoms. The highest BCUT2D eigenvalue weighted by Crippen LogP contribution is 2.13. The van der Waals surface area contributed by atoms with Gasteiger partial charge >= 0.3 is 0 Å². The Hall–Kier alpha value is -1.36. The van der Waals surface area contributed by atoms with Crippen LogP contribution in [0.5, 0.6) is 0 Å². The Balaban J connectivity index is 2.71. The summed E-state index contributed by atoms with van der Waals surface area (Å²) in [6.07, 6.45) is 3.34. The zero-order chi connectivity index (χ0) is 13.4. The number of nitrogens with zero attached hydrogens (tertiary/aromatic N) is 2. The molecule has 0 aliphatic heterocycles. The Morgan fingerprint density at radius 1 is 1.33 bits per heavy atom. The molecule has 3 N–H and O–H groups in total. The van der Waals surface area contributed by atoms with Crippen molar-refractivity contribution in [3.8, 4) is 0 Å². The Kier molecular flexibility index (Phi) is 6.43. The van der Waals surface area contributed by atoms with E-state index < -0.39 is 0 Å². The van der Waals surface area contributed by atoms with Crippen molar-refractivity contribution in [2.24, 2.45) is 0 Å². The van der Waals surface area contributed by atoms with Gasteiger partial charge in [-0.25, -0.2) is 9.97 Å². The summed E-state index contributed by atoms with van der Waals surface area (Å²) >= 11 is 0. The fourth-order valence-electron chi connectivity index (χ4n) is 1.79. The van der Waals surface area contributed by atoms with E-state index in [1.807, 2.05) is 6.92 Å². The molecule has 0 saturated heterocycles. The van der Waals surface area contributed by atoms with Crippen LogP contribution in [-0.2, 0) is 11.3 Å². The first kappa shape index (κ1) is 14.7. The lowest BCUT2D eigenvalue weighted by molar-refractivity contribution is 0.128. The first-order valence-electron chi connectivity index (χ1n) is 6.67. The number of aromatic nitrogens is 2. The number of nitrogens with two attached hydrogens (primary N) is 1. The quantitative estimate of drug-likeness (QED) is 0.744. The van der Waals surface area contributed by atoms with Crippen molar-refractivity contribution in [3.63, 3.8) is 0 Å². The van der Waals surface area contributed by atoms with Gasteiger partial charge in [0.25, 0.3) is 0 Å². The van der Waals surface area contributed by atoms with Gasteiger partial charge in [0.05, 0.1) is 0 Å². The standard InChI is InChI=1S/C13H24N4O/c1-4-7-10(5-2)15-12-8-11(14)16-13(17-12)9-18-6-3/h8,10H,4-7,9H2,1-3H3,(H3,14,15,16,17). The molecule has 1 rings (SSSR count). The van der Waals surface area contributed by atoms with Crippen molar-refractivity contribution in [1.82, 2.24) is 9.97 Å². The molecule has 0 aliphatic carbocycles. The Labute approximate surface area is 109 Å². The molecule has 0 fully saturated rings. The summed E-state index contributed by atoms with van der Waals surface area (Å²) in [5, 5.41) is 3.40. The summed E-state index contributed by atoms with van der Waals surface area (Å²) in [7, 11) is 0. The van der Waals surface area contributed by atoms with E-state index >= 15 is 0 Å². The van der Waals surface area contributed by atoms with Crippen LogP contribution in [0.2, 0.25) is 0 Å². The van der Waals surface area contributed by atoms with Crippen molar-refractivity contribution < 1.29 is 4.74 Å². The van der Waals surface area contributed by atoms with Crippen molar-refractivity contribution >= 4 is 11.6 Å². The molecule has 102 valence electrons. The topological polar surface area (TPSA) is 73.1 Å². The number of nitrogens with one attached hydrogen (secondary N) is 1. The molecular weight excluding hydrogens is 228 g/mol. The molecule has 0 radical (unpaired) electrons. The fraction of sp³-hybridized carbons (Fsp3) is 0.692. The minimum Gasteiger partial charge on any atom is -0.384 e. The molecule has 1 aromatic heterocycles. The van der Waals surface area contributed by atoms with Gasteiger partial charge in [0.15, 0.2) is 5.82 Å². The van der Waals surface area contributed by atoms with Crippen LogP contribution in [0.4, 0.5) is 11.6 Å². The summed E-state index contributed by atoms with van der Waals surface area (Å²) in [5.74, 6) is 1.90. The monoisotopic (exact) mass is 252 g/mol. The number of nitrogen functional groups attached to an aromatic ring is 1. The smallest absolute Gasteiger partial charge is 0.158 e. The van der Waals surface area contributed by atoms with E-state index in [0.717, 1.165) is 25.1 Å². The molecule has 5 heteroatoms. The maximum Gasteiger partial charge on any atom is 0.158 e. The second-order valence-corrected chi connectivity index (χ2v) is 4.27. The van der Waals surface area contributed by atoms with Crippen LogP contribution in [-0.4, -0.2) is 22.6 Å². The minimum atomic E-state index is 0.404. The highest BCUT2D eigenvalue weighted by atomic mass is 16.5. The molecule has 1 atom stereocenters. The third-order valence-electron chi connectivity index (χ3n) is 2.71. The van der Waals surface area contributed by atoms with Crippen molar-refractivity contribution in [1.29, 1.82) is 0 Å². The lowest BCUT2D eigenvalue weighted by Crippen LogP contribution is -2.19. The SMILES string of the molecule is CCCC(CC)Nc1cc(N)nc(COCC)n1. The van der Waals surface area contributed by atoms with Gasteiger partial charge in [-0.15, -0.1) is 0 Å². The van der Waals surface area contributed by atoms with Crippen LogP contribution in [0.3, 0.4) is 0 Å². The van der Waals surface area contributed by atoms with Crippen molar-refractivity contribution in [3.05, 3.63) is 11.9 Å². The van der Waals surface area contributed by atoms with Crippen LogP contribution < -0.4 is 11.1 Å². The number of hydrogen-bond donors (Lipinski definition) is 2. The maximum absolute atomic E-state index is 5.78. The third-order valence-corrected chi connectivity index (χ3v) is 2.71. The molecule has 1 heterocycles. The van der Waals surface area contributed by atoms with Gasteiger partial charge in [-0.05, 0) is 19.8 Å². The average molecular weight is 252 g/mol. The van der Waals surface area contributed by atoms with E-state index in [0.29, 0.717) is 30.9 Å². The zero-order valence-corrected chi connectivity index (χ0v) is 11.6. The largest absolute Gasteiger partial charge is 0.384 e. The van der Waals surface area contributed by atoms with Crippen molar-refractivity contribution in [2.45, 2.75) is 52.7 Å². The Bertz CT molecular complexity index is 357. The number of hydrogen-bond acceptors (Lipinski definition) is 5. The number of rotatable bonds is 8. The number of anilines is 2. The molecule has 5 nitrogen and oxygen atoms in total. The normalized spacial score (nSPS) is 12.4. The van der Waals surface area contributed by atoms with E-state index in [2.05, 4.69) is 29.1 Å². The van der Waals surface area contributed by atoms with E-state index in [9.17, 15) is 0 Å². The summed E-state index contributed by atoms with van der Waals surface area (Å²) in [6.45, 7) is 7.34. The summed E-state index contributed by atoms with van der Waals surface area (Å²) in [4.78, 5) is 8.57. The van der Waals surface area contributed by atoms with Gasteiger partial charge in [-0.3, -0.25) is 0 Å². The van der Waals surface area contributed by atoms with Gasteiger partial charge in [-0.1, -0.05) is 20.3 Å². The lowest BCUT2D eigenvalue weighted by Gasteiger charge is -2.17. The summed E-state index contributed by atoms with van der Waals surface area (Å²) in [5.41, 5.74) is 5.78. The fourth-order valence-corrected chi connectivity index (χ4v) is 1.79. The minimum absolute atomic E-state index is 0.404. The molecular formula is C13H24N4O. The van der Waals surface area contributed by atoms with Crippen LogP contribution in [0.25, 0.3) is 0 Å². The first-order chi connectivity index (χ1) is 8.69. The zero-order valence-electron chi connectivity index (χ0n) is 11.6. The predicted molar refractivity (Wildman–Crippen MR) is 74.4 cm³/mol. The third kappa shape index (κ3) is 4.87. The molecule has 0 aliphatic rings. The second-order valence-electron chi connectivity index (χ2n) is 4.27. The van der Waals surface area contributed by atoms with E-state index in [1.54, 1.807) is 6.07 Å². The maximum atomic E-state index is 5.78. The molecule has 0 saturated carbocycles. The highest BCUT2D eigenvalue weighted by molar-refractivity contribution is 5.45. The summed E-state index contributed by atoms with van der Waals surface area (Å²) < 4.78 is 5.30. The molecule has 0 amide bonds. The second kappa shape index (κ2) is 7.87. The Morgan fingerprint density at radius 2 is 2.11 bits per heavy atom. The van der Waals surface area contributed by atoms with Crippen LogP contribution >= 0.6 is 0 Å². The van der Waals surface area contributed by atoms with Gasteiger partial charge in [0.1, 0.15) is 18.2 Å². The molecule has 1 unspecified atom stereocenters. The van der Waals surface area contributed by atoms with Crippen LogP contribution in [0, 0.1) is 0 Å². The lowest BCUT2D eigenvalue weighted by atomic mass is 10.1. The summed E-state index contributed by atoms with van der Waals surface area (Å²) in [6, 6.07) is 2.21. The molecule has 0 spiro atoms. The molecule has 0 bridgehead atoms. The highest BCUT2D eigenvalue weighted by Gasteiger charge is 2.08. The molecule has 1 aromatic rings. The van der Waals surface area contributed by atoms with Gasteiger partial charge < -0.3 is 15.8 Å². The van der Waals surface area contributed by atoms with Crippen LogP contribution in [0.1, 0.15) is 45.9 Å². The van der Waals surface area contributed by atoms with Crippen molar-refractivity contribution in [2.75, 3.05) is 17.7 Å².